The topological polar surface area (TPSA) is 114 Å². The molecule has 3 rings (SSSR count). The van der Waals surface area contributed by atoms with E-state index >= 15 is 0 Å². The van der Waals surface area contributed by atoms with Crippen LogP contribution in [-0.4, -0.2) is 60.5 Å². The zero-order valence-electron chi connectivity index (χ0n) is 13.6. The fourth-order valence-corrected chi connectivity index (χ4v) is 4.63. The molecule has 130 valence electrons. The second-order valence-corrected chi connectivity index (χ2v) is 8.51. The molecule has 1 amide bonds. The highest BCUT2D eigenvalue weighted by Crippen LogP contribution is 2.41. The number of nitrogens with two attached hydrogens (primary N) is 1. The van der Waals surface area contributed by atoms with E-state index in [4.69, 9.17) is 10.5 Å². The molecule has 1 saturated heterocycles. The molecule has 0 radical (unpaired) electrons. The number of carbonyl (C=O) groups excluding carboxylic acids is 2. The molecular formula is C14H19N5O3S2. The number of aromatic amines is 1. The Morgan fingerprint density at radius 3 is 2.96 bits per heavy atom. The lowest BCUT2D eigenvalue weighted by atomic mass is 10.0. The molecule has 0 aliphatic carbocycles. The van der Waals surface area contributed by atoms with Crippen LogP contribution in [0.5, 0.6) is 0 Å². The van der Waals surface area contributed by atoms with E-state index < -0.39 is 17.6 Å². The second-order valence-electron chi connectivity index (χ2n) is 6.46. The largest absolute Gasteiger partial charge is 0.455 e. The average molecular weight is 369 g/mol. The van der Waals surface area contributed by atoms with Crippen LogP contribution in [0.15, 0.2) is 22.8 Å². The predicted molar refractivity (Wildman–Crippen MR) is 91.0 cm³/mol. The summed E-state index contributed by atoms with van der Waals surface area (Å²) in [6.45, 7) is 5.39. The van der Waals surface area contributed by atoms with Gasteiger partial charge in [0.2, 0.25) is 11.1 Å². The summed E-state index contributed by atoms with van der Waals surface area (Å²) in [4.78, 5) is 30.3. The summed E-state index contributed by atoms with van der Waals surface area (Å²) in [7, 11) is 0. The van der Waals surface area contributed by atoms with Gasteiger partial charge in [-0.3, -0.25) is 14.8 Å². The molecule has 1 aromatic rings. The maximum absolute atomic E-state index is 12.7. The van der Waals surface area contributed by atoms with Gasteiger partial charge in [-0.1, -0.05) is 11.8 Å². The number of fused-ring (bicyclic) bond motifs is 1. The standard InChI is InChI=1S/C14H19N5O3S2/c1-14(2,3)22-12(21)9-7(5-24-13-16-6-17-18-13)4-23-11-8(15)10(20)19(9)11/h6,8,11H,4-5,15H2,1-3H3,(H,16,17,18)/t8?,11-/m1/s1. The van der Waals surface area contributed by atoms with E-state index in [0.29, 0.717) is 22.4 Å². The molecule has 1 aromatic heterocycles. The number of carbonyl (C=O) groups is 2. The van der Waals surface area contributed by atoms with Gasteiger partial charge in [0.05, 0.1) is 0 Å². The van der Waals surface area contributed by atoms with Gasteiger partial charge in [-0.15, -0.1) is 16.9 Å². The summed E-state index contributed by atoms with van der Waals surface area (Å²) in [5.41, 5.74) is 6.37. The maximum Gasteiger partial charge on any atom is 0.355 e. The van der Waals surface area contributed by atoms with E-state index in [0.717, 1.165) is 5.57 Å². The summed E-state index contributed by atoms with van der Waals surface area (Å²) in [6.07, 6.45) is 1.50. The van der Waals surface area contributed by atoms with E-state index in [2.05, 4.69) is 15.2 Å². The van der Waals surface area contributed by atoms with Crippen molar-refractivity contribution in [1.29, 1.82) is 0 Å². The first-order valence-electron chi connectivity index (χ1n) is 7.42. The fraction of sp³-hybridized carbons (Fsp3) is 0.571. The maximum atomic E-state index is 12.7. The van der Waals surface area contributed by atoms with Gasteiger partial charge in [-0.05, 0) is 26.3 Å². The molecular weight excluding hydrogens is 350 g/mol. The van der Waals surface area contributed by atoms with E-state index in [1.807, 2.05) is 0 Å². The van der Waals surface area contributed by atoms with Crippen LogP contribution in [0, 0.1) is 0 Å². The molecule has 1 fully saturated rings. The minimum atomic E-state index is -0.637. The third kappa shape index (κ3) is 3.31. The van der Waals surface area contributed by atoms with E-state index in [1.165, 1.54) is 23.0 Å². The SMILES string of the molecule is CC(C)(C)OC(=O)C1=C(CSc2nc[nH]n2)CS[C@@H]2C(N)C(=O)N12. The summed E-state index contributed by atoms with van der Waals surface area (Å²) < 4.78 is 5.49. The molecule has 2 aliphatic heterocycles. The van der Waals surface area contributed by atoms with Crippen molar-refractivity contribution < 1.29 is 14.3 Å². The third-order valence-corrected chi connectivity index (χ3v) is 5.76. The summed E-state index contributed by atoms with van der Waals surface area (Å²) in [6, 6.07) is -0.561. The van der Waals surface area contributed by atoms with Crippen molar-refractivity contribution >= 4 is 35.4 Å². The molecule has 0 saturated carbocycles. The Balaban J connectivity index is 1.86. The van der Waals surface area contributed by atoms with Gasteiger partial charge in [-0.25, -0.2) is 9.78 Å². The second kappa shape index (κ2) is 6.41. The first-order valence-corrected chi connectivity index (χ1v) is 9.45. The monoisotopic (exact) mass is 369 g/mol. The van der Waals surface area contributed by atoms with Crippen molar-refractivity contribution in [3.05, 3.63) is 17.6 Å². The van der Waals surface area contributed by atoms with Gasteiger partial charge in [0, 0.05) is 11.5 Å². The molecule has 3 heterocycles. The van der Waals surface area contributed by atoms with Gasteiger partial charge in [0.1, 0.15) is 29.0 Å². The van der Waals surface area contributed by atoms with Gasteiger partial charge in [0.15, 0.2) is 0 Å². The number of ether oxygens (including phenoxy) is 1. The average Bonchev–Trinajstić information content (AvgIpc) is 3.02. The van der Waals surface area contributed by atoms with Crippen molar-refractivity contribution in [2.75, 3.05) is 11.5 Å². The van der Waals surface area contributed by atoms with E-state index in [1.54, 1.807) is 32.5 Å². The fourth-order valence-electron chi connectivity index (χ4n) is 2.42. The number of rotatable bonds is 4. The minimum Gasteiger partial charge on any atom is -0.455 e. The zero-order valence-corrected chi connectivity index (χ0v) is 15.2. The number of aromatic nitrogens is 3. The van der Waals surface area contributed by atoms with Crippen molar-refractivity contribution in [2.24, 2.45) is 5.73 Å². The summed E-state index contributed by atoms with van der Waals surface area (Å²) in [5.74, 6) is 0.395. The Labute approximate surface area is 148 Å². The minimum absolute atomic E-state index is 0.197. The summed E-state index contributed by atoms with van der Waals surface area (Å²) in [5, 5.41) is 7.02. The number of H-pyrrole nitrogens is 1. The van der Waals surface area contributed by atoms with Crippen LogP contribution >= 0.6 is 23.5 Å². The van der Waals surface area contributed by atoms with Crippen LogP contribution in [0.3, 0.4) is 0 Å². The van der Waals surface area contributed by atoms with Crippen molar-refractivity contribution in [2.45, 2.75) is 42.9 Å². The smallest absolute Gasteiger partial charge is 0.355 e. The van der Waals surface area contributed by atoms with Gasteiger partial charge < -0.3 is 10.5 Å². The van der Waals surface area contributed by atoms with Crippen LogP contribution in [-0.2, 0) is 14.3 Å². The van der Waals surface area contributed by atoms with Crippen molar-refractivity contribution in [3.63, 3.8) is 0 Å². The van der Waals surface area contributed by atoms with Crippen molar-refractivity contribution in [3.8, 4) is 0 Å². The zero-order chi connectivity index (χ0) is 17.5. The Hall–Kier alpha value is -1.52. The molecule has 8 nitrogen and oxygen atoms in total. The quantitative estimate of drug-likeness (QED) is 0.454. The number of amides is 1. The highest BCUT2D eigenvalue weighted by Gasteiger charge is 2.52. The molecule has 2 aliphatic rings. The Kier molecular flexibility index (Phi) is 4.63. The first-order chi connectivity index (χ1) is 11.3. The molecule has 0 bridgehead atoms. The van der Waals surface area contributed by atoms with Crippen LogP contribution in [0.4, 0.5) is 0 Å². The lowest BCUT2D eigenvalue weighted by molar-refractivity contribution is -0.157. The van der Waals surface area contributed by atoms with Crippen molar-refractivity contribution in [1.82, 2.24) is 20.1 Å². The number of nitrogens with zero attached hydrogens (tertiary/aromatic N) is 3. The number of nitrogens with one attached hydrogen (secondary N) is 1. The number of hydrogen-bond donors (Lipinski definition) is 2. The number of hydrogen-bond acceptors (Lipinski definition) is 8. The van der Waals surface area contributed by atoms with E-state index in [-0.39, 0.29) is 11.3 Å². The van der Waals surface area contributed by atoms with Crippen LogP contribution < -0.4 is 5.73 Å². The normalized spacial score (nSPS) is 23.8. The molecule has 0 spiro atoms. The Bertz CT molecular complexity index is 683. The first kappa shape index (κ1) is 17.3. The van der Waals surface area contributed by atoms with Gasteiger partial charge in [-0.2, -0.15) is 0 Å². The Morgan fingerprint density at radius 2 is 2.33 bits per heavy atom. The van der Waals surface area contributed by atoms with Crippen LogP contribution in [0.25, 0.3) is 0 Å². The van der Waals surface area contributed by atoms with Gasteiger partial charge in [0.25, 0.3) is 0 Å². The lowest BCUT2D eigenvalue weighted by Gasteiger charge is -2.48. The number of β-lactam (4-membered cyclic amide) rings is 1. The molecule has 10 heteroatoms. The molecule has 24 heavy (non-hydrogen) atoms. The summed E-state index contributed by atoms with van der Waals surface area (Å²) >= 11 is 2.96. The Morgan fingerprint density at radius 1 is 1.58 bits per heavy atom. The van der Waals surface area contributed by atoms with Crippen LogP contribution in [0.1, 0.15) is 20.8 Å². The number of thioether (sulfide) groups is 2. The highest BCUT2D eigenvalue weighted by atomic mass is 32.2. The highest BCUT2D eigenvalue weighted by molar-refractivity contribution is 8.01. The predicted octanol–water partition coefficient (Wildman–Crippen LogP) is 0.735. The molecule has 1 unspecified atom stereocenters. The van der Waals surface area contributed by atoms with Crippen LogP contribution in [0.2, 0.25) is 0 Å². The molecule has 0 aromatic carbocycles. The molecule has 2 atom stereocenters. The lowest BCUT2D eigenvalue weighted by Crippen LogP contribution is -2.68. The van der Waals surface area contributed by atoms with Gasteiger partial charge >= 0.3 is 5.97 Å². The molecule has 3 N–H and O–H groups in total. The van der Waals surface area contributed by atoms with E-state index in [9.17, 15) is 9.59 Å². The number of esters is 1. The third-order valence-electron chi connectivity index (χ3n) is 3.45.